The molecule has 0 aliphatic heterocycles. The molecule has 1 heterocycles. The maximum atomic E-state index is 10.7. The van der Waals surface area contributed by atoms with Gasteiger partial charge in [-0.15, -0.1) is 0 Å². The molecule has 0 spiro atoms. The van der Waals surface area contributed by atoms with Gasteiger partial charge in [-0.2, -0.15) is 4.98 Å². The molecule has 0 bridgehead atoms. The molecule has 0 saturated heterocycles. The average Bonchev–Trinajstić information content (AvgIpc) is 2.70. The Labute approximate surface area is 91.8 Å². The summed E-state index contributed by atoms with van der Waals surface area (Å²) in [6, 6.07) is 0. The van der Waals surface area contributed by atoms with Crippen LogP contribution in [0.15, 0.2) is 6.20 Å². The maximum absolute atomic E-state index is 10.7. The minimum Gasteiger partial charge on any atom is -0.469 e. The van der Waals surface area contributed by atoms with Crippen LogP contribution < -0.4 is 10.5 Å². The van der Waals surface area contributed by atoms with Crippen molar-refractivity contribution in [3.8, 4) is 5.88 Å². The second-order valence-corrected chi connectivity index (χ2v) is 3.70. The second-order valence-electron chi connectivity index (χ2n) is 3.70. The van der Waals surface area contributed by atoms with Crippen LogP contribution in [0.5, 0.6) is 5.88 Å². The third-order valence-electron chi connectivity index (χ3n) is 2.53. The van der Waals surface area contributed by atoms with E-state index in [-0.39, 0.29) is 23.6 Å². The van der Waals surface area contributed by atoms with Gasteiger partial charge in [0.15, 0.2) is 0 Å². The number of rotatable bonds is 3. The molecule has 1 aliphatic rings. The topological polar surface area (TPSA) is 104 Å². The molecule has 1 aliphatic carbocycles. The lowest BCUT2D eigenvalue weighted by Crippen LogP contribution is -2.14. The molecular weight excluding hydrogens is 212 g/mol. The molecule has 1 aromatic rings. The molecule has 0 radical (unpaired) electrons. The second kappa shape index (κ2) is 4.30. The van der Waals surface area contributed by atoms with Crippen LogP contribution in [0.1, 0.15) is 25.7 Å². The number of nitrogen functional groups attached to an aromatic ring is 1. The first-order valence-electron chi connectivity index (χ1n) is 5.10. The van der Waals surface area contributed by atoms with Gasteiger partial charge in [-0.25, -0.2) is 4.98 Å². The molecular formula is C9H12N4O3. The van der Waals surface area contributed by atoms with Crippen molar-refractivity contribution in [3.05, 3.63) is 16.3 Å². The van der Waals surface area contributed by atoms with Gasteiger partial charge in [0.1, 0.15) is 12.3 Å². The van der Waals surface area contributed by atoms with Crippen molar-refractivity contribution in [1.82, 2.24) is 9.97 Å². The molecule has 0 aromatic carbocycles. The summed E-state index contributed by atoms with van der Waals surface area (Å²) in [6.45, 7) is 0. The van der Waals surface area contributed by atoms with Crippen LogP contribution in [0.25, 0.3) is 0 Å². The van der Waals surface area contributed by atoms with E-state index in [0.29, 0.717) is 0 Å². The van der Waals surface area contributed by atoms with Crippen molar-refractivity contribution in [2.45, 2.75) is 31.8 Å². The quantitative estimate of drug-likeness (QED) is 0.612. The van der Waals surface area contributed by atoms with Crippen LogP contribution in [0.3, 0.4) is 0 Å². The molecule has 2 rings (SSSR count). The Morgan fingerprint density at radius 3 is 2.81 bits per heavy atom. The molecule has 16 heavy (non-hydrogen) atoms. The highest BCUT2D eigenvalue weighted by Crippen LogP contribution is 2.29. The predicted molar refractivity (Wildman–Crippen MR) is 56.0 cm³/mol. The average molecular weight is 224 g/mol. The minimum atomic E-state index is -0.566. The summed E-state index contributed by atoms with van der Waals surface area (Å²) in [4.78, 5) is 17.5. The fourth-order valence-electron chi connectivity index (χ4n) is 1.75. The SMILES string of the molecule is Nc1ncc([N+](=O)[O-])c(OC2CCCC2)n1. The Balaban J connectivity index is 2.22. The number of anilines is 1. The third-order valence-corrected chi connectivity index (χ3v) is 2.53. The molecule has 7 heteroatoms. The standard InChI is InChI=1S/C9H12N4O3/c10-9-11-5-7(13(14)15)8(12-9)16-6-3-1-2-4-6/h5-6H,1-4H2,(H2,10,11,12). The largest absolute Gasteiger partial charge is 0.469 e. The van der Waals surface area contributed by atoms with Crippen molar-refractivity contribution in [2.24, 2.45) is 0 Å². The molecule has 0 atom stereocenters. The highest BCUT2D eigenvalue weighted by molar-refractivity contribution is 5.41. The summed E-state index contributed by atoms with van der Waals surface area (Å²) in [5.41, 5.74) is 5.14. The molecule has 1 aromatic heterocycles. The van der Waals surface area contributed by atoms with E-state index in [1.165, 1.54) is 0 Å². The van der Waals surface area contributed by atoms with Crippen LogP contribution in [-0.2, 0) is 0 Å². The molecule has 86 valence electrons. The number of nitrogens with zero attached hydrogens (tertiary/aromatic N) is 3. The van der Waals surface area contributed by atoms with E-state index in [1.54, 1.807) is 0 Å². The van der Waals surface area contributed by atoms with Crippen molar-refractivity contribution in [2.75, 3.05) is 5.73 Å². The lowest BCUT2D eigenvalue weighted by Gasteiger charge is -2.11. The van der Waals surface area contributed by atoms with Crippen LogP contribution >= 0.6 is 0 Å². The van der Waals surface area contributed by atoms with Crippen LogP contribution in [0, 0.1) is 10.1 Å². The normalized spacial score (nSPS) is 16.2. The van der Waals surface area contributed by atoms with E-state index in [0.717, 1.165) is 31.9 Å². The van der Waals surface area contributed by atoms with Crippen molar-refractivity contribution >= 4 is 11.6 Å². The van der Waals surface area contributed by atoms with Gasteiger partial charge in [0, 0.05) is 0 Å². The zero-order valence-electron chi connectivity index (χ0n) is 8.63. The first-order valence-corrected chi connectivity index (χ1v) is 5.10. The summed E-state index contributed by atoms with van der Waals surface area (Å²) in [7, 11) is 0. The van der Waals surface area contributed by atoms with Gasteiger partial charge in [0.25, 0.3) is 5.88 Å². The smallest absolute Gasteiger partial charge is 0.349 e. The number of hydrogen-bond acceptors (Lipinski definition) is 6. The van der Waals surface area contributed by atoms with E-state index in [1.807, 2.05) is 0 Å². The van der Waals surface area contributed by atoms with Gasteiger partial charge >= 0.3 is 5.69 Å². The number of nitrogens with two attached hydrogens (primary N) is 1. The molecule has 0 unspecified atom stereocenters. The maximum Gasteiger partial charge on any atom is 0.349 e. The van der Waals surface area contributed by atoms with E-state index < -0.39 is 4.92 Å². The first kappa shape index (κ1) is 10.6. The predicted octanol–water partition coefficient (Wildman–Crippen LogP) is 1.29. The lowest BCUT2D eigenvalue weighted by atomic mass is 10.3. The van der Waals surface area contributed by atoms with Gasteiger partial charge in [-0.05, 0) is 25.7 Å². The van der Waals surface area contributed by atoms with Crippen LogP contribution in [-0.4, -0.2) is 21.0 Å². The van der Waals surface area contributed by atoms with Crippen LogP contribution in [0.4, 0.5) is 11.6 Å². The lowest BCUT2D eigenvalue weighted by molar-refractivity contribution is -0.386. The van der Waals surface area contributed by atoms with E-state index in [9.17, 15) is 10.1 Å². The van der Waals surface area contributed by atoms with Crippen molar-refractivity contribution in [3.63, 3.8) is 0 Å². The Morgan fingerprint density at radius 1 is 1.50 bits per heavy atom. The summed E-state index contributed by atoms with van der Waals surface area (Å²) in [5.74, 6) is -0.0389. The minimum absolute atomic E-state index is 0.00741. The number of ether oxygens (including phenoxy) is 1. The third kappa shape index (κ3) is 2.18. The number of aromatic nitrogens is 2. The highest BCUT2D eigenvalue weighted by Gasteiger charge is 2.24. The van der Waals surface area contributed by atoms with Gasteiger partial charge < -0.3 is 10.5 Å². The molecule has 1 fully saturated rings. The van der Waals surface area contributed by atoms with Gasteiger partial charge in [0.2, 0.25) is 5.95 Å². The van der Waals surface area contributed by atoms with Gasteiger partial charge in [-0.3, -0.25) is 10.1 Å². The summed E-state index contributed by atoms with van der Waals surface area (Å²) < 4.78 is 5.48. The molecule has 1 saturated carbocycles. The fraction of sp³-hybridized carbons (Fsp3) is 0.556. The van der Waals surface area contributed by atoms with Gasteiger partial charge in [-0.1, -0.05) is 0 Å². The number of hydrogen-bond donors (Lipinski definition) is 1. The number of nitro groups is 1. The van der Waals surface area contributed by atoms with E-state index in [4.69, 9.17) is 10.5 Å². The molecule has 7 nitrogen and oxygen atoms in total. The van der Waals surface area contributed by atoms with Gasteiger partial charge in [0.05, 0.1) is 4.92 Å². The zero-order valence-corrected chi connectivity index (χ0v) is 8.63. The Bertz CT molecular complexity index is 404. The van der Waals surface area contributed by atoms with Crippen molar-refractivity contribution < 1.29 is 9.66 Å². The van der Waals surface area contributed by atoms with E-state index in [2.05, 4.69) is 9.97 Å². The van der Waals surface area contributed by atoms with Crippen LogP contribution in [0.2, 0.25) is 0 Å². The molecule has 2 N–H and O–H groups in total. The Kier molecular flexibility index (Phi) is 2.84. The Hall–Kier alpha value is -1.92. The fourth-order valence-corrected chi connectivity index (χ4v) is 1.75. The summed E-state index contributed by atoms with van der Waals surface area (Å²) >= 11 is 0. The van der Waals surface area contributed by atoms with Crippen molar-refractivity contribution in [1.29, 1.82) is 0 Å². The highest BCUT2D eigenvalue weighted by atomic mass is 16.6. The zero-order chi connectivity index (χ0) is 11.5. The summed E-state index contributed by atoms with van der Waals surface area (Å²) in [6.07, 6.45) is 5.06. The Morgan fingerprint density at radius 2 is 2.19 bits per heavy atom. The molecule has 0 amide bonds. The van der Waals surface area contributed by atoms with E-state index >= 15 is 0 Å². The monoisotopic (exact) mass is 224 g/mol. The summed E-state index contributed by atoms with van der Waals surface area (Å²) in [5, 5.41) is 10.7. The first-order chi connectivity index (χ1) is 7.66.